The maximum atomic E-state index is 12.0. The third-order valence-electron chi connectivity index (χ3n) is 6.93. The Morgan fingerprint density at radius 3 is 1.07 bits per heavy atom. The molecule has 0 unspecified atom stereocenters. The molecule has 2 heterocycles. The van der Waals surface area contributed by atoms with Gasteiger partial charge in [0.05, 0.1) is 50.7 Å². The van der Waals surface area contributed by atoms with Crippen molar-refractivity contribution in [2.24, 2.45) is 0 Å². The van der Waals surface area contributed by atoms with Gasteiger partial charge < -0.3 is 37.9 Å². The van der Waals surface area contributed by atoms with Crippen LogP contribution in [0.4, 0.5) is 0 Å². The fourth-order valence-corrected chi connectivity index (χ4v) is 4.79. The quantitative estimate of drug-likeness (QED) is 0.175. The molecule has 0 atom stereocenters. The number of hydrogen-bond acceptors (Lipinski definition) is 12. The van der Waals surface area contributed by atoms with Gasteiger partial charge in [0.25, 0.3) is 0 Å². The first-order valence-corrected chi connectivity index (χ1v) is 12.9. The number of carbonyl (C=O) groups excluding carboxylic acids is 4. The van der Waals surface area contributed by atoms with Crippen molar-refractivity contribution < 1.29 is 57.1 Å². The van der Waals surface area contributed by atoms with E-state index >= 15 is 0 Å². The minimum Gasteiger partial charge on any atom is -0.493 e. The van der Waals surface area contributed by atoms with E-state index in [9.17, 15) is 19.2 Å². The van der Waals surface area contributed by atoms with E-state index in [1.54, 1.807) is 24.3 Å². The number of benzene rings is 4. The van der Waals surface area contributed by atoms with Crippen molar-refractivity contribution in [1.29, 1.82) is 0 Å². The summed E-state index contributed by atoms with van der Waals surface area (Å²) >= 11 is 0. The van der Waals surface area contributed by atoms with Gasteiger partial charge in [0, 0.05) is 0 Å². The fraction of sp³-hybridized carbons (Fsp3) is 0.125. The van der Waals surface area contributed by atoms with E-state index in [1.807, 2.05) is 0 Å². The predicted molar refractivity (Wildman–Crippen MR) is 151 cm³/mol. The summed E-state index contributed by atoms with van der Waals surface area (Å²) in [6, 6.07) is 15.6. The van der Waals surface area contributed by atoms with Crippen molar-refractivity contribution >= 4 is 23.9 Å². The average molecular weight is 599 g/mol. The van der Waals surface area contributed by atoms with Crippen molar-refractivity contribution in [1.82, 2.24) is 0 Å². The van der Waals surface area contributed by atoms with Crippen LogP contribution in [0.5, 0.6) is 46.0 Å². The first-order chi connectivity index (χ1) is 21.2. The number of carbonyl (C=O) groups is 4. The molecule has 12 nitrogen and oxygen atoms in total. The molecule has 0 bridgehead atoms. The van der Waals surface area contributed by atoms with Gasteiger partial charge in [0.15, 0.2) is 23.0 Å². The van der Waals surface area contributed by atoms with E-state index in [-0.39, 0.29) is 45.3 Å². The van der Waals surface area contributed by atoms with Gasteiger partial charge in [-0.25, -0.2) is 19.2 Å². The summed E-state index contributed by atoms with van der Waals surface area (Å²) in [5.74, 6) is -0.767. The molecule has 44 heavy (non-hydrogen) atoms. The van der Waals surface area contributed by atoms with E-state index in [0.29, 0.717) is 34.1 Å². The number of ether oxygens (including phenoxy) is 8. The summed E-state index contributed by atoms with van der Waals surface area (Å²) in [5, 5.41) is 0. The lowest BCUT2D eigenvalue weighted by molar-refractivity contribution is 0.0425. The van der Waals surface area contributed by atoms with Gasteiger partial charge in [-0.2, -0.15) is 0 Å². The third-order valence-corrected chi connectivity index (χ3v) is 6.93. The van der Waals surface area contributed by atoms with Gasteiger partial charge in [-0.3, -0.25) is 0 Å². The Hall–Kier alpha value is -6.04. The molecule has 0 fully saturated rings. The molecule has 0 aliphatic carbocycles. The monoisotopic (exact) mass is 598 g/mol. The van der Waals surface area contributed by atoms with Gasteiger partial charge in [-0.05, 0) is 71.8 Å². The van der Waals surface area contributed by atoms with Crippen LogP contribution in [0.1, 0.15) is 41.4 Å². The third kappa shape index (κ3) is 4.77. The van der Waals surface area contributed by atoms with Crippen molar-refractivity contribution in [2.75, 3.05) is 28.4 Å². The van der Waals surface area contributed by atoms with E-state index in [1.165, 1.54) is 64.8 Å². The zero-order valence-electron chi connectivity index (χ0n) is 23.7. The maximum Gasteiger partial charge on any atom is 0.347 e. The Labute approximate surface area is 249 Å². The molecule has 0 radical (unpaired) electrons. The van der Waals surface area contributed by atoms with Crippen LogP contribution in [0.3, 0.4) is 0 Å². The lowest BCUT2D eigenvalue weighted by Gasteiger charge is -2.18. The predicted octanol–water partition coefficient (Wildman–Crippen LogP) is 5.59. The molecule has 0 saturated carbocycles. The van der Waals surface area contributed by atoms with E-state index < -0.39 is 23.9 Å². The zero-order chi connectivity index (χ0) is 31.1. The minimum absolute atomic E-state index is 0.0943. The Kier molecular flexibility index (Phi) is 7.01. The number of rotatable bonds is 9. The second-order valence-electron chi connectivity index (χ2n) is 9.39. The lowest BCUT2D eigenvalue weighted by Crippen LogP contribution is -1.99. The molecule has 4 aromatic carbocycles. The maximum absolute atomic E-state index is 12.0. The summed E-state index contributed by atoms with van der Waals surface area (Å²) in [6.07, 6.45) is 0. The first-order valence-electron chi connectivity index (χ1n) is 12.9. The van der Waals surface area contributed by atoms with Gasteiger partial charge in [-0.15, -0.1) is 0 Å². The normalized spacial score (nSPS) is 13.1. The van der Waals surface area contributed by atoms with E-state index in [4.69, 9.17) is 28.4 Å². The summed E-state index contributed by atoms with van der Waals surface area (Å²) in [5.41, 5.74) is 1.77. The van der Waals surface area contributed by atoms with E-state index in [2.05, 4.69) is 9.47 Å². The van der Waals surface area contributed by atoms with Crippen molar-refractivity contribution in [3.8, 4) is 57.1 Å². The second-order valence-corrected chi connectivity index (χ2v) is 9.39. The number of methoxy groups -OCH3 is 4. The number of fused-ring (bicyclic) bond motifs is 2. The molecule has 12 heteroatoms. The van der Waals surface area contributed by atoms with Crippen molar-refractivity contribution in [3.05, 3.63) is 82.9 Å². The highest BCUT2D eigenvalue weighted by molar-refractivity contribution is 6.15. The van der Waals surface area contributed by atoms with Crippen LogP contribution in [0.15, 0.2) is 60.7 Å². The molecule has 6 rings (SSSR count). The Morgan fingerprint density at radius 1 is 0.432 bits per heavy atom. The molecule has 0 spiro atoms. The summed E-state index contributed by atoms with van der Waals surface area (Å²) in [4.78, 5) is 47.7. The zero-order valence-corrected chi connectivity index (χ0v) is 23.7. The molecule has 0 amide bonds. The lowest BCUT2D eigenvalue weighted by atomic mass is 10.0. The van der Waals surface area contributed by atoms with Crippen LogP contribution >= 0.6 is 0 Å². The van der Waals surface area contributed by atoms with Crippen molar-refractivity contribution in [3.63, 3.8) is 0 Å². The largest absolute Gasteiger partial charge is 0.493 e. The molecule has 2 aliphatic heterocycles. The number of cyclic esters (lactones) is 4. The smallest absolute Gasteiger partial charge is 0.347 e. The Bertz CT molecular complexity index is 1700. The summed E-state index contributed by atoms with van der Waals surface area (Å²) in [6.45, 7) is 0. The highest BCUT2D eigenvalue weighted by atomic mass is 16.6. The molecule has 4 aromatic rings. The second kappa shape index (κ2) is 11.0. The van der Waals surface area contributed by atoms with Crippen LogP contribution in [0.2, 0.25) is 0 Å². The van der Waals surface area contributed by atoms with Crippen LogP contribution < -0.4 is 28.4 Å². The van der Waals surface area contributed by atoms with Crippen LogP contribution in [0, 0.1) is 0 Å². The molecule has 0 saturated heterocycles. The molecular weight excluding hydrogens is 576 g/mol. The topological polar surface area (TPSA) is 142 Å². The van der Waals surface area contributed by atoms with Crippen LogP contribution in [-0.4, -0.2) is 52.3 Å². The standard InChI is InChI=1S/C32H22O12/c1-37-23-9-15(10-24(38-2)27(23)41-17-5-7-19-21(13-17)31(35)43-29(19)33)16-11-25(39-3)28(26(12-16)40-4)42-18-6-8-20-22(14-18)32(36)44-30(20)34/h5-14H,1-4H3. The Morgan fingerprint density at radius 2 is 0.750 bits per heavy atom. The summed E-state index contributed by atoms with van der Waals surface area (Å²) in [7, 11) is 5.84. The van der Waals surface area contributed by atoms with Crippen LogP contribution in [-0.2, 0) is 9.47 Å². The first kappa shape index (κ1) is 28.1. The molecule has 0 N–H and O–H groups in total. The molecule has 2 aliphatic rings. The number of hydrogen-bond donors (Lipinski definition) is 0. The van der Waals surface area contributed by atoms with Crippen molar-refractivity contribution in [2.45, 2.75) is 0 Å². The SMILES string of the molecule is COc1cc(-c2cc(OC)c(Oc3ccc4c(c3)C(=O)OC4=O)c(OC)c2)cc(OC)c1Oc1ccc2c(c1)C(=O)OC2=O. The molecular formula is C32H22O12. The highest BCUT2D eigenvalue weighted by Crippen LogP contribution is 2.48. The van der Waals surface area contributed by atoms with Gasteiger partial charge >= 0.3 is 23.9 Å². The number of esters is 4. The van der Waals surface area contributed by atoms with Gasteiger partial charge in [-0.1, -0.05) is 0 Å². The van der Waals surface area contributed by atoms with Gasteiger partial charge in [0.1, 0.15) is 11.5 Å². The highest BCUT2D eigenvalue weighted by Gasteiger charge is 2.31. The van der Waals surface area contributed by atoms with Crippen LogP contribution in [0.25, 0.3) is 11.1 Å². The molecule has 222 valence electrons. The summed E-state index contributed by atoms with van der Waals surface area (Å²) < 4.78 is 43.9. The molecule has 0 aromatic heterocycles. The average Bonchev–Trinajstić information content (AvgIpc) is 3.48. The van der Waals surface area contributed by atoms with Gasteiger partial charge in [0.2, 0.25) is 11.5 Å². The fourth-order valence-electron chi connectivity index (χ4n) is 4.79. The van der Waals surface area contributed by atoms with E-state index in [0.717, 1.165) is 0 Å². The minimum atomic E-state index is -0.756. The Balaban J connectivity index is 1.36.